The second-order valence-electron chi connectivity index (χ2n) is 3.90. The zero-order valence-corrected chi connectivity index (χ0v) is 8.53. The Morgan fingerprint density at radius 2 is 2.07 bits per heavy atom. The van der Waals surface area contributed by atoms with Gasteiger partial charge in [0.1, 0.15) is 0 Å². The summed E-state index contributed by atoms with van der Waals surface area (Å²) in [5.41, 5.74) is 1.17. The van der Waals surface area contributed by atoms with E-state index in [-0.39, 0.29) is 12.3 Å². The van der Waals surface area contributed by atoms with E-state index in [9.17, 15) is 9.18 Å². The second-order valence-corrected chi connectivity index (χ2v) is 3.90. The first-order chi connectivity index (χ1) is 7.25. The van der Waals surface area contributed by atoms with Crippen LogP contribution in [0, 0.1) is 0 Å². The minimum Gasteiger partial charge on any atom is -0.296 e. The molecule has 2 nitrogen and oxygen atoms in total. The number of piperidine rings is 1. The number of hydrogen-bond donors (Lipinski definition) is 0. The standard InChI is InChI=1S/C12H14FNO/c13-11-9-14(7-6-12(11)15)8-10-4-2-1-3-5-10/h1-5,11H,6-9H2/t11-/m0/s1. The van der Waals surface area contributed by atoms with E-state index in [0.717, 1.165) is 6.54 Å². The summed E-state index contributed by atoms with van der Waals surface area (Å²) in [5, 5.41) is 0. The molecule has 3 heteroatoms. The zero-order valence-electron chi connectivity index (χ0n) is 8.53. The number of Topliss-reactive ketones (excluding diaryl/α,β-unsaturated/α-hetero) is 1. The maximum Gasteiger partial charge on any atom is 0.171 e. The van der Waals surface area contributed by atoms with Gasteiger partial charge < -0.3 is 0 Å². The molecule has 1 aromatic rings. The van der Waals surface area contributed by atoms with Crippen LogP contribution in [-0.4, -0.2) is 29.9 Å². The van der Waals surface area contributed by atoms with E-state index in [1.165, 1.54) is 5.56 Å². The van der Waals surface area contributed by atoms with Crippen LogP contribution in [0.1, 0.15) is 12.0 Å². The molecule has 1 atom stereocenters. The summed E-state index contributed by atoms with van der Waals surface area (Å²) in [6.07, 6.45) is -0.948. The Kier molecular flexibility index (Phi) is 3.11. The Labute approximate surface area is 88.7 Å². The molecule has 1 saturated heterocycles. The van der Waals surface area contributed by atoms with E-state index < -0.39 is 6.17 Å². The highest BCUT2D eigenvalue weighted by Gasteiger charge is 2.26. The Bertz CT molecular complexity index is 339. The molecule has 0 spiro atoms. The van der Waals surface area contributed by atoms with E-state index in [1.54, 1.807) is 0 Å². The van der Waals surface area contributed by atoms with E-state index in [2.05, 4.69) is 0 Å². The van der Waals surface area contributed by atoms with Gasteiger partial charge in [-0.05, 0) is 5.56 Å². The first kappa shape index (κ1) is 10.3. The largest absolute Gasteiger partial charge is 0.296 e. The number of alkyl halides is 1. The third-order valence-electron chi connectivity index (χ3n) is 2.69. The maximum absolute atomic E-state index is 13.1. The van der Waals surface area contributed by atoms with E-state index >= 15 is 0 Å². The topological polar surface area (TPSA) is 20.3 Å². The minimum absolute atomic E-state index is 0.244. The molecular formula is C12H14FNO. The van der Waals surface area contributed by atoms with Gasteiger partial charge in [-0.3, -0.25) is 9.69 Å². The highest BCUT2D eigenvalue weighted by Crippen LogP contribution is 2.13. The summed E-state index contributed by atoms with van der Waals surface area (Å²) in [6, 6.07) is 9.93. The normalized spacial score (nSPS) is 23.0. The van der Waals surface area contributed by atoms with Crippen LogP contribution in [0.5, 0.6) is 0 Å². The van der Waals surface area contributed by atoms with E-state index in [4.69, 9.17) is 0 Å². The van der Waals surface area contributed by atoms with Crippen LogP contribution in [0.25, 0.3) is 0 Å². The van der Waals surface area contributed by atoms with Crippen LogP contribution in [0.4, 0.5) is 4.39 Å². The summed E-state index contributed by atoms with van der Waals surface area (Å²) in [5.74, 6) is -0.251. The first-order valence-electron chi connectivity index (χ1n) is 5.19. The van der Waals surface area contributed by atoms with Gasteiger partial charge in [0.2, 0.25) is 0 Å². The van der Waals surface area contributed by atoms with E-state index in [1.807, 2.05) is 35.2 Å². The molecule has 1 aliphatic rings. The number of carbonyl (C=O) groups excluding carboxylic acids is 1. The molecule has 1 fully saturated rings. The predicted octanol–water partition coefficient (Wildman–Crippen LogP) is 1.80. The van der Waals surface area contributed by atoms with Crippen molar-refractivity contribution in [2.45, 2.75) is 19.1 Å². The average molecular weight is 207 g/mol. The zero-order chi connectivity index (χ0) is 10.7. The lowest BCUT2D eigenvalue weighted by Crippen LogP contribution is -2.41. The number of benzene rings is 1. The molecule has 1 heterocycles. The van der Waals surface area contributed by atoms with Crippen molar-refractivity contribution >= 4 is 5.78 Å². The number of likely N-dealkylation sites (tertiary alicyclic amines) is 1. The molecular weight excluding hydrogens is 193 g/mol. The number of halogens is 1. The highest BCUT2D eigenvalue weighted by atomic mass is 19.1. The van der Waals surface area contributed by atoms with Gasteiger partial charge in [0.05, 0.1) is 0 Å². The molecule has 0 radical (unpaired) electrons. The molecule has 15 heavy (non-hydrogen) atoms. The van der Waals surface area contributed by atoms with E-state index in [0.29, 0.717) is 13.0 Å². The fourth-order valence-electron chi connectivity index (χ4n) is 1.83. The molecule has 0 unspecified atom stereocenters. The van der Waals surface area contributed by atoms with Crippen molar-refractivity contribution in [2.75, 3.05) is 13.1 Å². The SMILES string of the molecule is O=C1CCN(Cc2ccccc2)C[C@@H]1F. The fraction of sp³-hybridized carbons (Fsp3) is 0.417. The lowest BCUT2D eigenvalue weighted by Gasteiger charge is -2.27. The molecule has 1 aliphatic heterocycles. The van der Waals surface area contributed by atoms with Crippen molar-refractivity contribution in [2.24, 2.45) is 0 Å². The number of nitrogens with zero attached hydrogens (tertiary/aromatic N) is 1. The Morgan fingerprint density at radius 1 is 1.33 bits per heavy atom. The van der Waals surface area contributed by atoms with Gasteiger partial charge in [0.25, 0.3) is 0 Å². The van der Waals surface area contributed by atoms with Gasteiger partial charge in [0, 0.05) is 26.1 Å². The molecule has 0 aromatic heterocycles. The van der Waals surface area contributed by atoms with Crippen molar-refractivity contribution < 1.29 is 9.18 Å². The lowest BCUT2D eigenvalue weighted by atomic mass is 10.1. The third kappa shape index (κ3) is 2.63. The van der Waals surface area contributed by atoms with Crippen LogP contribution < -0.4 is 0 Å². The fourth-order valence-corrected chi connectivity index (χ4v) is 1.83. The van der Waals surface area contributed by atoms with Gasteiger partial charge in [-0.15, -0.1) is 0 Å². The molecule has 0 saturated carbocycles. The van der Waals surface area contributed by atoms with Gasteiger partial charge >= 0.3 is 0 Å². The quantitative estimate of drug-likeness (QED) is 0.737. The number of rotatable bonds is 2. The molecule has 1 aromatic carbocycles. The van der Waals surface area contributed by atoms with Crippen LogP contribution in [-0.2, 0) is 11.3 Å². The predicted molar refractivity (Wildman–Crippen MR) is 56.2 cm³/mol. The Balaban J connectivity index is 1.94. The molecule has 0 amide bonds. The van der Waals surface area contributed by atoms with Gasteiger partial charge in [-0.1, -0.05) is 30.3 Å². The third-order valence-corrected chi connectivity index (χ3v) is 2.69. The van der Waals surface area contributed by atoms with Crippen molar-refractivity contribution in [1.29, 1.82) is 0 Å². The van der Waals surface area contributed by atoms with Crippen molar-refractivity contribution in [1.82, 2.24) is 4.90 Å². The van der Waals surface area contributed by atoms with Gasteiger partial charge in [-0.2, -0.15) is 0 Å². The molecule has 2 rings (SSSR count). The number of carbonyl (C=O) groups is 1. The van der Waals surface area contributed by atoms with Gasteiger partial charge in [-0.25, -0.2) is 4.39 Å². The molecule has 0 aliphatic carbocycles. The minimum atomic E-state index is -1.29. The van der Waals surface area contributed by atoms with Crippen molar-refractivity contribution in [3.05, 3.63) is 35.9 Å². The highest BCUT2D eigenvalue weighted by molar-refractivity contribution is 5.84. The maximum atomic E-state index is 13.1. The summed E-state index contributed by atoms with van der Waals surface area (Å²) in [7, 11) is 0. The van der Waals surface area contributed by atoms with Crippen LogP contribution in [0.2, 0.25) is 0 Å². The smallest absolute Gasteiger partial charge is 0.171 e. The van der Waals surface area contributed by atoms with Crippen molar-refractivity contribution in [3.63, 3.8) is 0 Å². The summed E-state index contributed by atoms with van der Waals surface area (Å²) in [4.78, 5) is 13.0. The first-order valence-corrected chi connectivity index (χ1v) is 5.19. The lowest BCUT2D eigenvalue weighted by molar-refractivity contribution is -0.127. The molecule has 0 bridgehead atoms. The van der Waals surface area contributed by atoms with Crippen LogP contribution >= 0.6 is 0 Å². The average Bonchev–Trinajstić information content (AvgIpc) is 2.25. The van der Waals surface area contributed by atoms with Crippen molar-refractivity contribution in [3.8, 4) is 0 Å². The summed E-state index contributed by atoms with van der Waals surface area (Å²) < 4.78 is 13.1. The van der Waals surface area contributed by atoms with Crippen LogP contribution in [0.3, 0.4) is 0 Å². The molecule has 80 valence electrons. The van der Waals surface area contributed by atoms with Gasteiger partial charge in [0.15, 0.2) is 12.0 Å². The Morgan fingerprint density at radius 3 is 2.73 bits per heavy atom. The van der Waals surface area contributed by atoms with Crippen LogP contribution in [0.15, 0.2) is 30.3 Å². The molecule has 0 N–H and O–H groups in total. The monoisotopic (exact) mass is 207 g/mol. The Hall–Kier alpha value is -1.22. The number of hydrogen-bond acceptors (Lipinski definition) is 2. The summed E-state index contributed by atoms with van der Waals surface area (Å²) in [6.45, 7) is 1.65. The summed E-state index contributed by atoms with van der Waals surface area (Å²) >= 11 is 0. The number of ketones is 1. The second kappa shape index (κ2) is 4.53.